The van der Waals surface area contributed by atoms with Crippen molar-refractivity contribution in [1.82, 2.24) is 4.31 Å². The first-order valence-corrected chi connectivity index (χ1v) is 9.47. The molecular weight excluding hydrogens is 294 g/mol. The smallest absolute Gasteiger partial charge is 0.252 e. The Hall–Kier alpha value is -0.430. The molecular formula is C14H23NO3S2. The molecule has 20 heavy (non-hydrogen) atoms. The van der Waals surface area contributed by atoms with E-state index in [2.05, 4.69) is 6.92 Å². The number of hydrogen-bond acceptors (Lipinski definition) is 4. The lowest BCUT2D eigenvalue weighted by Crippen LogP contribution is -2.39. The van der Waals surface area contributed by atoms with Gasteiger partial charge in [0.1, 0.15) is 4.21 Å². The molecule has 2 rings (SSSR count). The van der Waals surface area contributed by atoms with Gasteiger partial charge in [0.2, 0.25) is 0 Å². The normalized spacial score (nSPS) is 24.2. The average molecular weight is 317 g/mol. The Labute approximate surface area is 125 Å². The Bertz CT molecular complexity index is 530. The third kappa shape index (κ3) is 3.24. The highest BCUT2D eigenvalue weighted by molar-refractivity contribution is 7.91. The second-order valence-corrected chi connectivity index (χ2v) is 8.67. The van der Waals surface area contributed by atoms with E-state index in [-0.39, 0.29) is 12.6 Å². The molecule has 0 unspecified atom stereocenters. The van der Waals surface area contributed by atoms with Crippen molar-refractivity contribution in [3.63, 3.8) is 0 Å². The van der Waals surface area contributed by atoms with Crippen molar-refractivity contribution >= 4 is 21.4 Å². The van der Waals surface area contributed by atoms with Crippen LogP contribution in [0.3, 0.4) is 0 Å². The third-order valence-electron chi connectivity index (χ3n) is 4.35. The zero-order chi connectivity index (χ0) is 14.8. The van der Waals surface area contributed by atoms with Crippen molar-refractivity contribution < 1.29 is 13.5 Å². The molecule has 1 aromatic rings. The molecule has 1 heterocycles. The standard InChI is InChI=1S/C14H23NO3S2/c1-3-11-4-6-13(7-5-11)15(2)20(17,18)14-8-12(9-16)10-19-14/h8,10-11,13,16H,3-7,9H2,1-2H3. The Morgan fingerprint density at radius 1 is 1.35 bits per heavy atom. The number of rotatable bonds is 5. The first-order chi connectivity index (χ1) is 9.48. The zero-order valence-corrected chi connectivity index (χ0v) is 13.7. The van der Waals surface area contributed by atoms with Crippen molar-refractivity contribution in [2.75, 3.05) is 7.05 Å². The van der Waals surface area contributed by atoms with Crippen LogP contribution in [0.2, 0.25) is 0 Å². The summed E-state index contributed by atoms with van der Waals surface area (Å²) >= 11 is 1.19. The lowest BCUT2D eigenvalue weighted by atomic mass is 9.85. The van der Waals surface area contributed by atoms with Crippen LogP contribution in [0.25, 0.3) is 0 Å². The van der Waals surface area contributed by atoms with E-state index in [1.165, 1.54) is 22.1 Å². The zero-order valence-electron chi connectivity index (χ0n) is 12.1. The van der Waals surface area contributed by atoms with E-state index >= 15 is 0 Å². The summed E-state index contributed by atoms with van der Waals surface area (Å²) in [5.74, 6) is 0.755. The van der Waals surface area contributed by atoms with E-state index in [0.29, 0.717) is 9.77 Å². The van der Waals surface area contributed by atoms with Gasteiger partial charge in [0.15, 0.2) is 0 Å². The van der Waals surface area contributed by atoms with Gasteiger partial charge >= 0.3 is 0 Å². The number of thiophene rings is 1. The van der Waals surface area contributed by atoms with E-state index < -0.39 is 10.0 Å². The predicted octanol–water partition coefficient (Wildman–Crippen LogP) is 2.83. The molecule has 1 N–H and O–H groups in total. The Kier molecular flexibility index (Phi) is 5.23. The van der Waals surface area contributed by atoms with Crippen molar-refractivity contribution in [3.05, 3.63) is 17.0 Å². The van der Waals surface area contributed by atoms with Gasteiger partial charge in [-0.3, -0.25) is 0 Å². The third-order valence-corrected chi connectivity index (χ3v) is 7.73. The van der Waals surface area contributed by atoms with E-state index in [1.807, 2.05) is 0 Å². The second kappa shape index (κ2) is 6.56. The summed E-state index contributed by atoms with van der Waals surface area (Å²) in [6.07, 6.45) is 5.33. The molecule has 6 heteroatoms. The van der Waals surface area contributed by atoms with Gasteiger partial charge in [0.05, 0.1) is 6.61 Å². The molecule has 0 bridgehead atoms. The molecule has 0 spiro atoms. The minimum Gasteiger partial charge on any atom is -0.392 e. The van der Waals surface area contributed by atoms with Gasteiger partial charge < -0.3 is 5.11 Å². The average Bonchev–Trinajstić information content (AvgIpc) is 2.96. The van der Waals surface area contributed by atoms with E-state index in [0.717, 1.165) is 31.6 Å². The summed E-state index contributed by atoms with van der Waals surface area (Å²) in [6, 6.07) is 1.69. The molecule has 4 nitrogen and oxygen atoms in total. The number of aliphatic hydroxyl groups excluding tert-OH is 1. The van der Waals surface area contributed by atoms with Crippen molar-refractivity contribution in [2.24, 2.45) is 5.92 Å². The molecule has 1 saturated carbocycles. The Morgan fingerprint density at radius 3 is 2.50 bits per heavy atom. The number of aliphatic hydroxyl groups is 1. The molecule has 0 aromatic carbocycles. The van der Waals surface area contributed by atoms with Crippen LogP contribution in [-0.2, 0) is 16.6 Å². The topological polar surface area (TPSA) is 57.6 Å². The highest BCUT2D eigenvalue weighted by atomic mass is 32.2. The molecule has 0 saturated heterocycles. The van der Waals surface area contributed by atoms with Crippen LogP contribution in [0.5, 0.6) is 0 Å². The van der Waals surface area contributed by atoms with Gasteiger partial charge in [-0.05, 0) is 48.6 Å². The molecule has 1 aliphatic carbocycles. The molecule has 1 fully saturated rings. The quantitative estimate of drug-likeness (QED) is 0.908. The van der Waals surface area contributed by atoms with Crippen LogP contribution in [0, 0.1) is 5.92 Å². The lowest BCUT2D eigenvalue weighted by molar-refractivity contribution is 0.233. The van der Waals surface area contributed by atoms with Crippen LogP contribution in [-0.4, -0.2) is 30.9 Å². The highest BCUT2D eigenvalue weighted by Crippen LogP contribution is 2.32. The van der Waals surface area contributed by atoms with E-state index in [4.69, 9.17) is 5.11 Å². The fraction of sp³-hybridized carbons (Fsp3) is 0.714. The van der Waals surface area contributed by atoms with E-state index in [9.17, 15) is 8.42 Å². The van der Waals surface area contributed by atoms with Crippen LogP contribution in [0.4, 0.5) is 0 Å². The molecule has 114 valence electrons. The number of hydrogen-bond donors (Lipinski definition) is 1. The maximum absolute atomic E-state index is 12.6. The summed E-state index contributed by atoms with van der Waals surface area (Å²) in [7, 11) is -1.73. The highest BCUT2D eigenvalue weighted by Gasteiger charge is 2.31. The largest absolute Gasteiger partial charge is 0.392 e. The van der Waals surface area contributed by atoms with Crippen LogP contribution < -0.4 is 0 Å². The number of nitrogens with zero attached hydrogens (tertiary/aromatic N) is 1. The van der Waals surface area contributed by atoms with Gasteiger partial charge in [-0.1, -0.05) is 13.3 Å². The fourth-order valence-corrected chi connectivity index (χ4v) is 5.63. The molecule has 0 amide bonds. The molecule has 1 aliphatic rings. The second-order valence-electron chi connectivity index (χ2n) is 5.54. The summed E-state index contributed by atoms with van der Waals surface area (Å²) in [6.45, 7) is 2.09. The molecule has 0 radical (unpaired) electrons. The first-order valence-electron chi connectivity index (χ1n) is 7.15. The monoisotopic (exact) mass is 317 g/mol. The number of sulfonamides is 1. The van der Waals surface area contributed by atoms with Gasteiger partial charge in [0, 0.05) is 13.1 Å². The maximum atomic E-state index is 12.6. The van der Waals surface area contributed by atoms with Crippen LogP contribution in [0.15, 0.2) is 15.7 Å². The molecule has 0 atom stereocenters. The first kappa shape index (κ1) is 15.9. The summed E-state index contributed by atoms with van der Waals surface area (Å²) in [5.41, 5.74) is 0.664. The summed E-state index contributed by atoms with van der Waals surface area (Å²) < 4.78 is 27.0. The maximum Gasteiger partial charge on any atom is 0.252 e. The van der Waals surface area contributed by atoms with Crippen molar-refractivity contribution in [3.8, 4) is 0 Å². The molecule has 1 aromatic heterocycles. The van der Waals surface area contributed by atoms with Crippen molar-refractivity contribution in [2.45, 2.75) is 55.9 Å². The minimum absolute atomic E-state index is 0.113. The van der Waals surface area contributed by atoms with Crippen molar-refractivity contribution in [1.29, 1.82) is 0 Å². The van der Waals surface area contributed by atoms with Gasteiger partial charge in [-0.2, -0.15) is 4.31 Å². The lowest BCUT2D eigenvalue weighted by Gasteiger charge is -2.33. The van der Waals surface area contributed by atoms with Gasteiger partial charge in [0.25, 0.3) is 10.0 Å². The Morgan fingerprint density at radius 2 is 2.00 bits per heavy atom. The summed E-state index contributed by atoms with van der Waals surface area (Å²) in [4.78, 5) is 0. The SMILES string of the molecule is CCC1CCC(N(C)S(=O)(=O)c2cc(CO)cs2)CC1. The van der Waals surface area contributed by atoms with Gasteiger partial charge in [-0.15, -0.1) is 11.3 Å². The molecule has 0 aliphatic heterocycles. The van der Waals surface area contributed by atoms with E-state index in [1.54, 1.807) is 18.5 Å². The van der Waals surface area contributed by atoms with Crippen LogP contribution in [0.1, 0.15) is 44.6 Å². The predicted molar refractivity (Wildman–Crippen MR) is 81.2 cm³/mol. The summed E-state index contributed by atoms with van der Waals surface area (Å²) in [5, 5.41) is 10.8. The Balaban J connectivity index is 2.09. The fourth-order valence-electron chi connectivity index (χ4n) is 2.83. The van der Waals surface area contributed by atoms with Crippen LogP contribution >= 0.6 is 11.3 Å². The van der Waals surface area contributed by atoms with Gasteiger partial charge in [-0.25, -0.2) is 8.42 Å². The minimum atomic E-state index is -3.41.